The molecule has 0 heterocycles. The summed E-state index contributed by atoms with van der Waals surface area (Å²) in [6, 6.07) is 13.0. The lowest BCUT2D eigenvalue weighted by atomic mass is 9.70. The maximum atomic E-state index is 12.3. The fourth-order valence-corrected chi connectivity index (χ4v) is 4.67. The number of hydrogen-bond donors (Lipinski definition) is 1. The van der Waals surface area contributed by atoms with E-state index in [9.17, 15) is 9.00 Å². The van der Waals surface area contributed by atoms with Crippen LogP contribution in [0.4, 0.5) is 0 Å². The molecule has 2 aromatic rings. The predicted octanol–water partition coefficient (Wildman–Crippen LogP) is 6.18. The maximum Gasteiger partial charge on any atom is 0.175 e. The Balaban J connectivity index is 2.33. The minimum absolute atomic E-state index is 0.0912. The first-order valence-electron chi connectivity index (χ1n) is 12.0. The van der Waals surface area contributed by atoms with Crippen LogP contribution in [0.1, 0.15) is 82.2 Å². The summed E-state index contributed by atoms with van der Waals surface area (Å²) in [6.45, 7) is 17.0. The highest BCUT2D eigenvalue weighted by atomic mass is 32.2. The average Bonchev–Trinajstić information content (AvgIpc) is 2.78. The number of benzene rings is 2. The van der Waals surface area contributed by atoms with Crippen LogP contribution >= 0.6 is 0 Å². The van der Waals surface area contributed by atoms with Crippen LogP contribution < -0.4 is 9.46 Å². The van der Waals surface area contributed by atoms with E-state index < -0.39 is 16.4 Å². The molecule has 33 heavy (non-hydrogen) atoms. The molecule has 0 aliphatic carbocycles. The zero-order chi connectivity index (χ0) is 24.8. The fourth-order valence-electron chi connectivity index (χ4n) is 4.15. The Hall–Kier alpha value is -1.98. The smallest absolute Gasteiger partial charge is 0.175 e. The standard InChI is InChI=1S/C28H41NO3S/c1-9-28(10-2,23-13-12-22(20(4)16-23)18-29-33(31)11-3)24-14-15-25(21(5)17-24)32-19-26(30)27(6,7)8/h12-17,29H,9-11,18-19H2,1-8H3. The van der Waals surface area contributed by atoms with Gasteiger partial charge in [0.25, 0.3) is 0 Å². The van der Waals surface area contributed by atoms with Gasteiger partial charge in [0.2, 0.25) is 0 Å². The summed E-state index contributed by atoms with van der Waals surface area (Å²) in [5.41, 5.74) is 5.46. The second kappa shape index (κ2) is 11.4. The van der Waals surface area contributed by atoms with Crippen molar-refractivity contribution in [2.75, 3.05) is 12.4 Å². The number of carbonyl (C=O) groups is 1. The van der Waals surface area contributed by atoms with Crippen molar-refractivity contribution in [1.29, 1.82) is 0 Å². The number of carbonyl (C=O) groups excluding carboxylic acids is 1. The summed E-state index contributed by atoms with van der Waals surface area (Å²) in [4.78, 5) is 12.3. The summed E-state index contributed by atoms with van der Waals surface area (Å²) in [7, 11) is -0.989. The van der Waals surface area contributed by atoms with E-state index in [1.54, 1.807) is 0 Å². The molecule has 0 aliphatic rings. The molecular weight excluding hydrogens is 430 g/mol. The summed E-state index contributed by atoms with van der Waals surface area (Å²) < 4.78 is 20.7. The van der Waals surface area contributed by atoms with Crippen molar-refractivity contribution in [1.82, 2.24) is 4.72 Å². The Morgan fingerprint density at radius 2 is 1.52 bits per heavy atom. The van der Waals surface area contributed by atoms with Crippen molar-refractivity contribution in [3.8, 4) is 5.75 Å². The van der Waals surface area contributed by atoms with Crippen molar-refractivity contribution < 1.29 is 13.7 Å². The van der Waals surface area contributed by atoms with Crippen LogP contribution in [-0.2, 0) is 27.7 Å². The monoisotopic (exact) mass is 471 g/mol. The number of rotatable bonds is 11. The second-order valence-corrected chi connectivity index (χ2v) is 11.4. The van der Waals surface area contributed by atoms with E-state index in [0.29, 0.717) is 12.3 Å². The lowest BCUT2D eigenvalue weighted by molar-refractivity contribution is -0.128. The van der Waals surface area contributed by atoms with E-state index in [4.69, 9.17) is 4.74 Å². The first kappa shape index (κ1) is 27.3. The van der Waals surface area contributed by atoms with Gasteiger partial charge in [0.05, 0.1) is 11.0 Å². The normalized spacial score (nSPS) is 13.1. The van der Waals surface area contributed by atoms with E-state index in [1.807, 2.05) is 40.7 Å². The highest BCUT2D eigenvalue weighted by Gasteiger charge is 2.31. The molecule has 0 amide bonds. The molecule has 0 aromatic heterocycles. The average molecular weight is 472 g/mol. The maximum absolute atomic E-state index is 12.3. The number of Topliss-reactive ketones (excluding diaryl/α,β-unsaturated/α-hetero) is 1. The van der Waals surface area contributed by atoms with Gasteiger partial charge in [0.1, 0.15) is 12.4 Å². The van der Waals surface area contributed by atoms with Gasteiger partial charge in [-0.25, -0.2) is 8.93 Å². The molecule has 0 saturated heterocycles. The van der Waals surface area contributed by atoms with E-state index in [0.717, 1.165) is 24.2 Å². The molecule has 4 nitrogen and oxygen atoms in total. The first-order chi connectivity index (χ1) is 15.5. The first-order valence-corrected chi connectivity index (χ1v) is 13.3. The Morgan fingerprint density at radius 1 is 0.939 bits per heavy atom. The van der Waals surface area contributed by atoms with Crippen LogP contribution in [0.15, 0.2) is 36.4 Å². The molecule has 0 spiro atoms. The van der Waals surface area contributed by atoms with Crippen LogP contribution in [0, 0.1) is 19.3 Å². The summed E-state index contributed by atoms with van der Waals surface area (Å²) in [5.74, 6) is 1.46. The van der Waals surface area contributed by atoms with Gasteiger partial charge >= 0.3 is 0 Å². The van der Waals surface area contributed by atoms with Gasteiger partial charge in [-0.05, 0) is 60.6 Å². The summed E-state index contributed by atoms with van der Waals surface area (Å²) >= 11 is 0. The van der Waals surface area contributed by atoms with Crippen molar-refractivity contribution in [3.05, 3.63) is 64.2 Å². The molecule has 0 aliphatic heterocycles. The molecule has 0 fully saturated rings. The lowest BCUT2D eigenvalue weighted by Gasteiger charge is -2.34. The third-order valence-corrected chi connectivity index (χ3v) is 7.70. The van der Waals surface area contributed by atoms with Gasteiger partial charge in [0, 0.05) is 23.1 Å². The minimum Gasteiger partial charge on any atom is -0.486 e. The molecular formula is C28H41NO3S. The van der Waals surface area contributed by atoms with Crippen LogP contribution in [0.25, 0.3) is 0 Å². The Morgan fingerprint density at radius 3 is 2.00 bits per heavy atom. The van der Waals surface area contributed by atoms with Gasteiger partial charge < -0.3 is 4.74 Å². The number of hydrogen-bond acceptors (Lipinski definition) is 3. The minimum atomic E-state index is -0.989. The highest BCUT2D eigenvalue weighted by molar-refractivity contribution is 7.82. The third-order valence-electron chi connectivity index (χ3n) is 6.71. The van der Waals surface area contributed by atoms with E-state index >= 15 is 0 Å². The van der Waals surface area contributed by atoms with Gasteiger partial charge in [-0.1, -0.05) is 71.9 Å². The van der Waals surface area contributed by atoms with Gasteiger partial charge in [0.15, 0.2) is 5.78 Å². The van der Waals surface area contributed by atoms with E-state index in [-0.39, 0.29) is 17.8 Å². The fraction of sp³-hybridized carbons (Fsp3) is 0.536. The molecule has 0 saturated carbocycles. The van der Waals surface area contributed by atoms with E-state index in [2.05, 4.69) is 55.8 Å². The molecule has 2 aromatic carbocycles. The van der Waals surface area contributed by atoms with Gasteiger partial charge in [-0.3, -0.25) is 4.79 Å². The van der Waals surface area contributed by atoms with Crippen LogP contribution in [0.3, 0.4) is 0 Å². The van der Waals surface area contributed by atoms with Gasteiger partial charge in [-0.15, -0.1) is 0 Å². The predicted molar refractivity (Wildman–Crippen MR) is 139 cm³/mol. The molecule has 182 valence electrons. The van der Waals surface area contributed by atoms with E-state index in [1.165, 1.54) is 22.3 Å². The van der Waals surface area contributed by atoms with Gasteiger partial charge in [-0.2, -0.15) is 0 Å². The Bertz CT molecular complexity index is 987. The Kier molecular flexibility index (Phi) is 9.45. The molecule has 1 N–H and O–H groups in total. The molecule has 0 bridgehead atoms. The Labute approximate surface area is 203 Å². The number of ether oxygens (including phenoxy) is 1. The zero-order valence-corrected chi connectivity index (χ0v) is 22.4. The van der Waals surface area contributed by atoms with Crippen molar-refractivity contribution in [2.24, 2.45) is 5.41 Å². The molecule has 5 heteroatoms. The summed E-state index contributed by atoms with van der Waals surface area (Å²) in [5, 5.41) is 0. The third kappa shape index (κ3) is 6.54. The number of aryl methyl sites for hydroxylation is 2. The van der Waals surface area contributed by atoms with Crippen molar-refractivity contribution >= 4 is 16.8 Å². The highest BCUT2D eigenvalue weighted by Crippen LogP contribution is 2.41. The number of ketones is 1. The second-order valence-electron chi connectivity index (χ2n) is 9.83. The van der Waals surface area contributed by atoms with Crippen LogP contribution in [-0.4, -0.2) is 22.4 Å². The van der Waals surface area contributed by atoms with Crippen LogP contribution in [0.5, 0.6) is 5.75 Å². The quantitative estimate of drug-likeness (QED) is 0.426. The molecule has 1 atom stereocenters. The SMILES string of the molecule is CCS(=O)NCc1ccc(C(CC)(CC)c2ccc(OCC(=O)C(C)(C)C)c(C)c2)cc1C. The topological polar surface area (TPSA) is 55.4 Å². The number of nitrogens with one attached hydrogen (secondary N) is 1. The van der Waals surface area contributed by atoms with Crippen LogP contribution in [0.2, 0.25) is 0 Å². The molecule has 2 rings (SSSR count). The lowest BCUT2D eigenvalue weighted by Crippen LogP contribution is -2.27. The zero-order valence-electron chi connectivity index (χ0n) is 21.6. The molecule has 1 unspecified atom stereocenters. The largest absolute Gasteiger partial charge is 0.486 e. The molecule has 0 radical (unpaired) electrons. The van der Waals surface area contributed by atoms with Crippen molar-refractivity contribution in [3.63, 3.8) is 0 Å². The van der Waals surface area contributed by atoms with Crippen molar-refractivity contribution in [2.45, 2.75) is 80.2 Å². The summed E-state index contributed by atoms with van der Waals surface area (Å²) in [6.07, 6.45) is 1.95.